The van der Waals surface area contributed by atoms with E-state index < -0.39 is 10.0 Å². The Kier molecular flexibility index (Phi) is 4.27. The zero-order chi connectivity index (χ0) is 14.8. The standard InChI is InChI=1S/C13H14ClN3O2S/c1-9-3-2-6-16-13(9)8-17-20(18,19)10-4-5-12(15)11(14)7-10/h2-7,17H,8,15H2,1H3. The van der Waals surface area contributed by atoms with Crippen LogP contribution in [0.1, 0.15) is 11.3 Å². The first-order valence-electron chi connectivity index (χ1n) is 5.85. The zero-order valence-corrected chi connectivity index (χ0v) is 12.4. The Bertz CT molecular complexity index is 732. The molecule has 2 aromatic rings. The molecule has 0 saturated heterocycles. The van der Waals surface area contributed by atoms with Crippen LogP contribution in [0.5, 0.6) is 0 Å². The van der Waals surface area contributed by atoms with Gasteiger partial charge in [-0.25, -0.2) is 13.1 Å². The predicted octanol–water partition coefficient (Wildman–Crippen LogP) is 2.10. The van der Waals surface area contributed by atoms with Crippen LogP contribution >= 0.6 is 11.6 Å². The lowest BCUT2D eigenvalue weighted by Gasteiger charge is -2.09. The average Bonchev–Trinajstić information content (AvgIpc) is 2.41. The second-order valence-corrected chi connectivity index (χ2v) is 6.45. The summed E-state index contributed by atoms with van der Waals surface area (Å²) >= 11 is 5.83. The first-order valence-corrected chi connectivity index (χ1v) is 7.71. The van der Waals surface area contributed by atoms with Crippen LogP contribution in [0.3, 0.4) is 0 Å². The molecule has 3 N–H and O–H groups in total. The molecule has 0 spiro atoms. The molecule has 0 amide bonds. The number of hydrogen-bond acceptors (Lipinski definition) is 4. The van der Waals surface area contributed by atoms with Gasteiger partial charge in [0.05, 0.1) is 27.8 Å². The molecule has 0 unspecified atom stereocenters. The lowest BCUT2D eigenvalue weighted by atomic mass is 10.2. The fraction of sp³-hybridized carbons (Fsp3) is 0.154. The summed E-state index contributed by atoms with van der Waals surface area (Å²) in [6.07, 6.45) is 1.62. The summed E-state index contributed by atoms with van der Waals surface area (Å²) in [5.74, 6) is 0. The van der Waals surface area contributed by atoms with Crippen molar-refractivity contribution in [3.05, 3.63) is 52.8 Å². The first kappa shape index (κ1) is 14.8. The number of hydrogen-bond donors (Lipinski definition) is 2. The van der Waals surface area contributed by atoms with E-state index in [0.29, 0.717) is 11.4 Å². The van der Waals surface area contributed by atoms with Crippen LogP contribution in [0.4, 0.5) is 5.69 Å². The molecule has 0 bridgehead atoms. The summed E-state index contributed by atoms with van der Waals surface area (Å²) in [5.41, 5.74) is 7.50. The number of aromatic nitrogens is 1. The van der Waals surface area contributed by atoms with E-state index in [0.717, 1.165) is 5.56 Å². The van der Waals surface area contributed by atoms with Crippen molar-refractivity contribution in [2.45, 2.75) is 18.4 Å². The Morgan fingerprint density at radius 1 is 1.35 bits per heavy atom. The van der Waals surface area contributed by atoms with Crippen LogP contribution in [0.25, 0.3) is 0 Å². The smallest absolute Gasteiger partial charge is 0.240 e. The van der Waals surface area contributed by atoms with Gasteiger partial charge in [-0.15, -0.1) is 0 Å². The minimum atomic E-state index is -3.64. The van der Waals surface area contributed by atoms with Crippen LogP contribution in [-0.2, 0) is 16.6 Å². The zero-order valence-electron chi connectivity index (χ0n) is 10.8. The van der Waals surface area contributed by atoms with Gasteiger partial charge in [0.1, 0.15) is 0 Å². The molecule has 0 atom stereocenters. The number of nitrogen functional groups attached to an aromatic ring is 1. The topological polar surface area (TPSA) is 85.1 Å². The van der Waals surface area contributed by atoms with Crippen molar-refractivity contribution in [3.8, 4) is 0 Å². The maximum Gasteiger partial charge on any atom is 0.240 e. The number of halogens is 1. The highest BCUT2D eigenvalue weighted by Gasteiger charge is 2.15. The van der Waals surface area contributed by atoms with E-state index in [9.17, 15) is 8.42 Å². The summed E-state index contributed by atoms with van der Waals surface area (Å²) in [6.45, 7) is 1.99. The third-order valence-electron chi connectivity index (χ3n) is 2.83. The molecular weight excluding hydrogens is 298 g/mol. The van der Waals surface area contributed by atoms with Crippen LogP contribution in [0.2, 0.25) is 5.02 Å². The van der Waals surface area contributed by atoms with E-state index in [2.05, 4.69) is 9.71 Å². The largest absolute Gasteiger partial charge is 0.398 e. The molecule has 0 aliphatic rings. The Hall–Kier alpha value is -1.63. The molecule has 106 valence electrons. The highest BCUT2D eigenvalue weighted by molar-refractivity contribution is 7.89. The van der Waals surface area contributed by atoms with E-state index in [-0.39, 0.29) is 16.5 Å². The number of nitrogens with zero attached hydrogens (tertiary/aromatic N) is 1. The summed E-state index contributed by atoms with van der Waals surface area (Å²) in [4.78, 5) is 4.21. The van der Waals surface area contributed by atoms with Crippen LogP contribution < -0.4 is 10.5 Å². The van der Waals surface area contributed by atoms with Crippen LogP contribution in [0.15, 0.2) is 41.4 Å². The third-order valence-corrected chi connectivity index (χ3v) is 4.56. The number of aryl methyl sites for hydroxylation is 1. The maximum absolute atomic E-state index is 12.1. The SMILES string of the molecule is Cc1cccnc1CNS(=O)(=O)c1ccc(N)c(Cl)c1. The van der Waals surface area contributed by atoms with E-state index in [1.807, 2.05) is 13.0 Å². The monoisotopic (exact) mass is 311 g/mol. The van der Waals surface area contributed by atoms with Gasteiger partial charge in [0, 0.05) is 6.20 Å². The highest BCUT2D eigenvalue weighted by atomic mass is 35.5. The van der Waals surface area contributed by atoms with Crippen molar-refractivity contribution in [2.24, 2.45) is 0 Å². The fourth-order valence-corrected chi connectivity index (χ4v) is 2.88. The van der Waals surface area contributed by atoms with E-state index >= 15 is 0 Å². The van der Waals surface area contributed by atoms with Crippen molar-refractivity contribution in [1.29, 1.82) is 0 Å². The van der Waals surface area contributed by atoms with Crippen molar-refractivity contribution < 1.29 is 8.42 Å². The number of sulfonamides is 1. The number of nitrogens with two attached hydrogens (primary N) is 1. The van der Waals surface area contributed by atoms with Gasteiger partial charge in [-0.05, 0) is 36.8 Å². The van der Waals surface area contributed by atoms with Gasteiger partial charge in [0.2, 0.25) is 10.0 Å². The normalized spacial score (nSPS) is 11.5. The van der Waals surface area contributed by atoms with E-state index in [1.165, 1.54) is 18.2 Å². The Balaban J connectivity index is 2.19. The molecule has 1 aromatic carbocycles. The second kappa shape index (κ2) is 5.78. The minimum absolute atomic E-state index is 0.0743. The molecule has 5 nitrogen and oxygen atoms in total. The third kappa shape index (κ3) is 3.27. The minimum Gasteiger partial charge on any atom is -0.398 e. The Morgan fingerprint density at radius 3 is 2.75 bits per heavy atom. The van der Waals surface area contributed by atoms with E-state index in [1.54, 1.807) is 12.3 Å². The molecule has 0 radical (unpaired) electrons. The lowest BCUT2D eigenvalue weighted by Crippen LogP contribution is -2.24. The molecule has 0 aliphatic carbocycles. The number of benzene rings is 1. The molecule has 7 heteroatoms. The molecular formula is C13H14ClN3O2S. The number of nitrogens with one attached hydrogen (secondary N) is 1. The average molecular weight is 312 g/mol. The summed E-state index contributed by atoms with van der Waals surface area (Å²) < 4.78 is 26.8. The predicted molar refractivity (Wildman–Crippen MR) is 78.9 cm³/mol. The number of pyridine rings is 1. The van der Waals surface area contributed by atoms with Crippen molar-refractivity contribution >= 4 is 27.3 Å². The molecule has 0 saturated carbocycles. The quantitative estimate of drug-likeness (QED) is 0.847. The van der Waals surface area contributed by atoms with Gasteiger partial charge in [-0.3, -0.25) is 4.98 Å². The van der Waals surface area contributed by atoms with Gasteiger partial charge in [0.15, 0.2) is 0 Å². The number of anilines is 1. The maximum atomic E-state index is 12.1. The van der Waals surface area contributed by atoms with Crippen molar-refractivity contribution in [3.63, 3.8) is 0 Å². The molecule has 0 aliphatic heterocycles. The summed E-state index contributed by atoms with van der Waals surface area (Å²) in [5, 5.41) is 0.210. The summed E-state index contributed by atoms with van der Waals surface area (Å²) in [6, 6.07) is 7.87. The van der Waals surface area contributed by atoms with Crippen molar-refractivity contribution in [1.82, 2.24) is 9.71 Å². The molecule has 1 heterocycles. The van der Waals surface area contributed by atoms with E-state index in [4.69, 9.17) is 17.3 Å². The van der Waals surface area contributed by atoms with Gasteiger partial charge in [-0.2, -0.15) is 0 Å². The first-order chi connectivity index (χ1) is 9.40. The highest BCUT2D eigenvalue weighted by Crippen LogP contribution is 2.22. The summed E-state index contributed by atoms with van der Waals surface area (Å²) in [7, 11) is -3.64. The molecule has 0 fully saturated rings. The van der Waals surface area contributed by atoms with Crippen molar-refractivity contribution in [2.75, 3.05) is 5.73 Å². The molecule has 2 rings (SSSR count). The van der Waals surface area contributed by atoms with Gasteiger partial charge in [0.25, 0.3) is 0 Å². The Labute approximate surface area is 122 Å². The van der Waals surface area contributed by atoms with Crippen LogP contribution in [-0.4, -0.2) is 13.4 Å². The second-order valence-electron chi connectivity index (χ2n) is 4.27. The van der Waals surface area contributed by atoms with Gasteiger partial charge in [-0.1, -0.05) is 17.7 Å². The Morgan fingerprint density at radius 2 is 2.10 bits per heavy atom. The van der Waals surface area contributed by atoms with Gasteiger partial charge < -0.3 is 5.73 Å². The van der Waals surface area contributed by atoms with Gasteiger partial charge >= 0.3 is 0 Å². The number of rotatable bonds is 4. The molecule has 1 aromatic heterocycles. The molecule has 20 heavy (non-hydrogen) atoms. The fourth-order valence-electron chi connectivity index (χ4n) is 1.63. The lowest BCUT2D eigenvalue weighted by molar-refractivity contribution is 0.580. The van der Waals surface area contributed by atoms with Crippen LogP contribution in [0, 0.1) is 6.92 Å².